The normalized spacial score (nSPS) is 9.06. The van der Waals surface area contributed by atoms with Gasteiger partial charge in [-0.2, -0.15) is 0 Å². The van der Waals surface area contributed by atoms with Crippen LogP contribution in [0.4, 0.5) is 0 Å². The van der Waals surface area contributed by atoms with Crippen LogP contribution in [0.15, 0.2) is 54.6 Å². The van der Waals surface area contributed by atoms with Gasteiger partial charge in [0.05, 0.1) is 0 Å². The molecule has 0 spiro atoms. The number of carbonyl (C=O) groups excluding carboxylic acids is 1. The molecule has 2 aromatic rings. The summed E-state index contributed by atoms with van der Waals surface area (Å²) < 4.78 is 6.71. The van der Waals surface area contributed by atoms with Crippen molar-refractivity contribution in [1.29, 1.82) is 0 Å². The van der Waals surface area contributed by atoms with Gasteiger partial charge in [0.25, 0.3) is 0 Å². The fourth-order valence-electron chi connectivity index (χ4n) is 1.12. The molecule has 0 heterocycles. The second-order valence-corrected chi connectivity index (χ2v) is 4.22. The van der Waals surface area contributed by atoms with Crippen LogP contribution in [0, 0.1) is 0 Å². The molecule has 4 heteroatoms. The Morgan fingerprint density at radius 1 is 1.00 bits per heavy atom. The van der Waals surface area contributed by atoms with Crippen LogP contribution in [0.5, 0.6) is 11.5 Å². The van der Waals surface area contributed by atoms with Gasteiger partial charge >= 0.3 is 94.1 Å². The zero-order valence-electron chi connectivity index (χ0n) is 9.74. The summed E-state index contributed by atoms with van der Waals surface area (Å²) in [7, 11) is 0. The first kappa shape index (κ1) is 14.4. The summed E-state index contributed by atoms with van der Waals surface area (Å²) in [5.41, 5.74) is 0. The van der Waals surface area contributed by atoms with Gasteiger partial charge in [-0.15, -0.1) is 0 Å². The second-order valence-electron chi connectivity index (χ2n) is 3.32. The van der Waals surface area contributed by atoms with Crippen LogP contribution in [0.3, 0.4) is 0 Å². The quantitative estimate of drug-likeness (QED) is 0.780. The summed E-state index contributed by atoms with van der Waals surface area (Å²) >= 11 is 3.11. The first-order valence-electron chi connectivity index (χ1n) is 5.21. The fourth-order valence-corrected chi connectivity index (χ4v) is 1.38. The Balaban J connectivity index is 0.000000357. The van der Waals surface area contributed by atoms with Crippen LogP contribution in [0.2, 0.25) is 0 Å². The van der Waals surface area contributed by atoms with E-state index < -0.39 is 5.97 Å². The number of aliphatic carboxylic acids is 1. The number of rotatable bonds is 2. The molecule has 0 atom stereocenters. The zero-order valence-corrected chi connectivity index (χ0v) is 11.3. The van der Waals surface area contributed by atoms with E-state index in [4.69, 9.17) is 14.6 Å². The van der Waals surface area contributed by atoms with Crippen molar-refractivity contribution in [3.05, 3.63) is 54.6 Å². The summed E-state index contributed by atoms with van der Waals surface area (Å²) in [4.78, 5) is 8.89. The molecule has 96 valence electrons. The second kappa shape index (κ2) is 7.65. The Bertz CT molecular complexity index is 476. The molecular weight excluding hydrogens is 323 g/mol. The van der Waals surface area contributed by atoms with Gasteiger partial charge in [0.15, 0.2) is 0 Å². The summed E-state index contributed by atoms with van der Waals surface area (Å²) in [6, 6.07) is 17.6. The standard InChI is InChI=1S/C12H9O.C2H4O2.Pd/c1-3-7-11(8-4-1)13-12-9-5-2-6-10-12;1-2(3)4;/h1,3-10H;1H3,(H,3,4);/q;;+1/p-1. The van der Waals surface area contributed by atoms with Crippen LogP contribution < -0.4 is 13.9 Å². The van der Waals surface area contributed by atoms with E-state index in [1.165, 1.54) is 0 Å². The number of para-hydroxylation sites is 1. The number of carboxylic acids is 1. The fraction of sp³-hybridized carbons (Fsp3) is 0.0714. The third kappa shape index (κ3) is 6.19. The third-order valence-electron chi connectivity index (χ3n) is 1.77. The van der Waals surface area contributed by atoms with Crippen molar-refractivity contribution in [2.24, 2.45) is 0 Å². The van der Waals surface area contributed by atoms with E-state index in [9.17, 15) is 0 Å². The Morgan fingerprint density at radius 2 is 1.44 bits per heavy atom. The van der Waals surface area contributed by atoms with Gasteiger partial charge in [0.2, 0.25) is 0 Å². The monoisotopic (exact) mass is 334 g/mol. The van der Waals surface area contributed by atoms with Gasteiger partial charge in [-0.25, -0.2) is 0 Å². The molecule has 0 radical (unpaired) electrons. The topological polar surface area (TPSA) is 49.4 Å². The predicted molar refractivity (Wildman–Crippen MR) is 63.3 cm³/mol. The van der Waals surface area contributed by atoms with Crippen molar-refractivity contribution < 1.29 is 33.8 Å². The molecule has 2 rings (SSSR count). The molecule has 0 saturated heterocycles. The van der Waals surface area contributed by atoms with Gasteiger partial charge < -0.3 is 9.90 Å². The first-order valence-corrected chi connectivity index (χ1v) is 5.98. The van der Waals surface area contributed by atoms with Crippen molar-refractivity contribution in [3.8, 4) is 11.5 Å². The van der Waals surface area contributed by atoms with Crippen molar-refractivity contribution >= 4 is 10.0 Å². The van der Waals surface area contributed by atoms with Crippen LogP contribution in [-0.4, -0.2) is 5.97 Å². The van der Waals surface area contributed by atoms with E-state index in [-0.39, 0.29) is 0 Å². The molecule has 0 aliphatic rings. The predicted octanol–water partition coefficient (Wildman–Crippen LogP) is 1.41. The Labute approximate surface area is 117 Å². The molecule has 3 nitrogen and oxygen atoms in total. The number of hydrogen-bond acceptors (Lipinski definition) is 3. The number of benzene rings is 2. The summed E-state index contributed by atoms with van der Waals surface area (Å²) in [6.45, 7) is 0.972. The summed E-state index contributed by atoms with van der Waals surface area (Å²) in [5, 5.41) is 8.89. The number of hydrogen-bond donors (Lipinski definition) is 0. The molecule has 0 N–H and O–H groups in total. The van der Waals surface area contributed by atoms with Gasteiger partial charge in [-0.05, 0) is 6.92 Å². The molecule has 0 bridgehead atoms. The molecule has 0 unspecified atom stereocenters. The zero-order chi connectivity index (χ0) is 13.4. The third-order valence-corrected chi connectivity index (χ3v) is 2.29. The summed E-state index contributed by atoms with van der Waals surface area (Å²) in [5.74, 6) is 0.629. The molecule has 0 saturated carbocycles. The number of ether oxygens (including phenoxy) is 1. The van der Waals surface area contributed by atoms with Crippen LogP contribution in [0.1, 0.15) is 6.92 Å². The van der Waals surface area contributed by atoms with E-state index in [2.05, 4.69) is 19.2 Å². The average molecular weight is 335 g/mol. The van der Waals surface area contributed by atoms with E-state index in [1.54, 1.807) is 0 Å². The minimum absolute atomic E-state index is 0.853. The van der Waals surface area contributed by atoms with Gasteiger partial charge in [0, 0.05) is 5.97 Å². The van der Waals surface area contributed by atoms with E-state index in [0.29, 0.717) is 0 Å². The Kier molecular flexibility index (Phi) is 6.13. The number of carboxylic acid groups (broad SMARTS) is 1. The Hall–Kier alpha value is -1.63. The molecule has 0 aromatic heterocycles. The van der Waals surface area contributed by atoms with Gasteiger partial charge in [-0.1, -0.05) is 0 Å². The molecule has 0 aliphatic carbocycles. The molecule has 0 aliphatic heterocycles. The van der Waals surface area contributed by atoms with Crippen LogP contribution >= 0.6 is 0 Å². The molecule has 18 heavy (non-hydrogen) atoms. The SMILES string of the molecule is CC(=O)[O-].[Pd+][c]1ccc(Oc2ccccc2)cc1. The van der Waals surface area contributed by atoms with Gasteiger partial charge in [0.1, 0.15) is 0 Å². The Morgan fingerprint density at radius 3 is 1.94 bits per heavy atom. The van der Waals surface area contributed by atoms with Crippen molar-refractivity contribution in [1.82, 2.24) is 0 Å². The van der Waals surface area contributed by atoms with E-state index >= 15 is 0 Å². The maximum atomic E-state index is 8.89. The molecular formula is C14H12O3Pd. The molecule has 2 aromatic carbocycles. The molecule has 0 fully saturated rings. The maximum absolute atomic E-state index is 8.89. The average Bonchev–Trinajstić information content (AvgIpc) is 2.33. The van der Waals surface area contributed by atoms with Crippen LogP contribution in [0.25, 0.3) is 0 Å². The van der Waals surface area contributed by atoms with Crippen molar-refractivity contribution in [2.45, 2.75) is 6.92 Å². The van der Waals surface area contributed by atoms with Crippen molar-refractivity contribution in [2.75, 3.05) is 0 Å². The number of carbonyl (C=O) groups is 1. The summed E-state index contributed by atoms with van der Waals surface area (Å²) in [6.07, 6.45) is 0. The van der Waals surface area contributed by atoms with E-state index in [1.807, 2.05) is 54.6 Å². The molecule has 0 amide bonds. The van der Waals surface area contributed by atoms with Crippen LogP contribution in [-0.2, 0) is 24.0 Å². The van der Waals surface area contributed by atoms with Crippen molar-refractivity contribution in [3.63, 3.8) is 0 Å². The van der Waals surface area contributed by atoms with Gasteiger partial charge in [-0.3, -0.25) is 0 Å². The minimum atomic E-state index is -1.08. The van der Waals surface area contributed by atoms with E-state index in [0.717, 1.165) is 22.5 Å². The first-order chi connectivity index (χ1) is 8.58.